The number of hydrogen-bond acceptors (Lipinski definition) is 0. The van der Waals surface area contributed by atoms with Gasteiger partial charge in [0.25, 0.3) is 0 Å². The first-order valence-corrected chi connectivity index (χ1v) is 13.1. The van der Waals surface area contributed by atoms with Gasteiger partial charge >= 0.3 is 0 Å². The Morgan fingerprint density at radius 3 is 1.25 bits per heavy atom. The highest BCUT2D eigenvalue weighted by Gasteiger charge is 2.32. The average Bonchev–Trinajstić information content (AvgIpc) is 2.57. The monoisotopic (exact) mass is 392 g/mol. The van der Waals surface area contributed by atoms with Crippen LogP contribution in [0, 0.1) is 40.9 Å². The van der Waals surface area contributed by atoms with Crippen LogP contribution in [-0.4, -0.2) is 0 Å². The second kappa shape index (κ2) is 13.3. The van der Waals surface area contributed by atoms with Crippen LogP contribution >= 0.6 is 0 Å². The van der Waals surface area contributed by atoms with Crippen molar-refractivity contribution in [3.8, 4) is 0 Å². The van der Waals surface area contributed by atoms with Gasteiger partial charge < -0.3 is 0 Å². The first-order chi connectivity index (χ1) is 13.1. The summed E-state index contributed by atoms with van der Waals surface area (Å²) in [5.74, 6) is 5.34. The Morgan fingerprint density at radius 2 is 0.893 bits per heavy atom. The number of rotatable bonds is 14. The molecule has 0 spiro atoms. The molecule has 0 heterocycles. The molecule has 1 aliphatic carbocycles. The lowest BCUT2D eigenvalue weighted by Crippen LogP contribution is -2.26. The van der Waals surface area contributed by atoms with Crippen molar-refractivity contribution in [2.45, 2.75) is 139 Å². The average molecular weight is 393 g/mol. The molecule has 1 fully saturated rings. The van der Waals surface area contributed by atoms with Gasteiger partial charge in [-0.3, -0.25) is 0 Å². The molecule has 0 amide bonds. The van der Waals surface area contributed by atoms with E-state index in [1.165, 1.54) is 83.5 Å². The van der Waals surface area contributed by atoms with Gasteiger partial charge in [-0.2, -0.15) is 0 Å². The van der Waals surface area contributed by atoms with Gasteiger partial charge in [0.2, 0.25) is 0 Å². The maximum absolute atomic E-state index is 2.53. The quantitative estimate of drug-likeness (QED) is 0.276. The van der Waals surface area contributed by atoms with Gasteiger partial charge in [-0.25, -0.2) is 0 Å². The van der Waals surface area contributed by atoms with Crippen molar-refractivity contribution in [1.29, 1.82) is 0 Å². The smallest absolute Gasteiger partial charge is 0.0297 e. The molecule has 168 valence electrons. The summed E-state index contributed by atoms with van der Waals surface area (Å²) in [4.78, 5) is 0. The fourth-order valence-corrected chi connectivity index (χ4v) is 6.44. The van der Waals surface area contributed by atoms with Crippen LogP contribution < -0.4 is 0 Å². The molecule has 0 aromatic carbocycles. The van der Waals surface area contributed by atoms with Crippen molar-refractivity contribution in [2.75, 3.05) is 0 Å². The SMILES string of the molecule is CC(C)CC(C)CC(C)CCC1(CCC(C)CC(C)CC(C)C)CCCCC1. The van der Waals surface area contributed by atoms with Crippen LogP contribution in [0.5, 0.6) is 0 Å². The molecule has 28 heavy (non-hydrogen) atoms. The Balaban J connectivity index is 2.47. The molecule has 4 atom stereocenters. The minimum absolute atomic E-state index is 0.698. The van der Waals surface area contributed by atoms with Crippen molar-refractivity contribution < 1.29 is 0 Å². The van der Waals surface area contributed by atoms with Gasteiger partial charge in [0, 0.05) is 0 Å². The summed E-state index contributed by atoms with van der Waals surface area (Å²) in [5.41, 5.74) is 0.698. The minimum atomic E-state index is 0.698. The van der Waals surface area contributed by atoms with Gasteiger partial charge in [-0.1, -0.05) is 87.5 Å². The lowest BCUT2D eigenvalue weighted by Gasteiger charge is -2.39. The van der Waals surface area contributed by atoms with Crippen LogP contribution in [0.4, 0.5) is 0 Å². The molecule has 0 nitrogen and oxygen atoms in total. The highest BCUT2D eigenvalue weighted by molar-refractivity contribution is 4.84. The summed E-state index contributed by atoms with van der Waals surface area (Å²) >= 11 is 0. The van der Waals surface area contributed by atoms with Crippen LogP contribution in [0.2, 0.25) is 0 Å². The maximum atomic E-state index is 2.53. The third-order valence-electron chi connectivity index (χ3n) is 7.61. The van der Waals surface area contributed by atoms with E-state index < -0.39 is 0 Å². The highest BCUT2D eigenvalue weighted by Crippen LogP contribution is 2.46. The van der Waals surface area contributed by atoms with Gasteiger partial charge in [-0.05, 0) is 92.3 Å². The molecule has 4 unspecified atom stereocenters. The zero-order valence-electron chi connectivity index (χ0n) is 21.2. The minimum Gasteiger partial charge on any atom is -0.0628 e. The number of hydrogen-bond donors (Lipinski definition) is 0. The first kappa shape index (κ1) is 26.0. The first-order valence-electron chi connectivity index (χ1n) is 13.1. The van der Waals surface area contributed by atoms with E-state index in [4.69, 9.17) is 0 Å². The maximum Gasteiger partial charge on any atom is -0.0297 e. The molecule has 0 N–H and O–H groups in total. The fourth-order valence-electron chi connectivity index (χ4n) is 6.44. The van der Waals surface area contributed by atoms with E-state index in [9.17, 15) is 0 Å². The van der Waals surface area contributed by atoms with Crippen LogP contribution in [0.1, 0.15) is 139 Å². The van der Waals surface area contributed by atoms with E-state index in [-0.39, 0.29) is 0 Å². The van der Waals surface area contributed by atoms with E-state index in [0.29, 0.717) is 5.41 Å². The van der Waals surface area contributed by atoms with Crippen LogP contribution in [-0.2, 0) is 0 Å². The van der Waals surface area contributed by atoms with Crippen molar-refractivity contribution >= 4 is 0 Å². The van der Waals surface area contributed by atoms with Crippen molar-refractivity contribution in [1.82, 2.24) is 0 Å². The van der Waals surface area contributed by atoms with Gasteiger partial charge in [-0.15, -0.1) is 0 Å². The van der Waals surface area contributed by atoms with E-state index in [0.717, 1.165) is 35.5 Å². The summed E-state index contributed by atoms with van der Waals surface area (Å²) in [7, 11) is 0. The normalized spacial score (nSPS) is 21.6. The van der Waals surface area contributed by atoms with Crippen LogP contribution in [0.25, 0.3) is 0 Å². The van der Waals surface area contributed by atoms with Crippen molar-refractivity contribution in [2.24, 2.45) is 40.9 Å². The molecule has 0 heteroatoms. The van der Waals surface area contributed by atoms with E-state index in [1.54, 1.807) is 0 Å². The molecule has 0 aliphatic heterocycles. The zero-order valence-corrected chi connectivity index (χ0v) is 21.2. The van der Waals surface area contributed by atoms with Crippen molar-refractivity contribution in [3.63, 3.8) is 0 Å². The Morgan fingerprint density at radius 1 is 0.500 bits per heavy atom. The third kappa shape index (κ3) is 11.3. The largest absolute Gasteiger partial charge is 0.0628 e. The van der Waals surface area contributed by atoms with Crippen LogP contribution in [0.3, 0.4) is 0 Å². The van der Waals surface area contributed by atoms with E-state index in [1.807, 2.05) is 0 Å². The van der Waals surface area contributed by atoms with E-state index >= 15 is 0 Å². The molecular weight excluding hydrogens is 336 g/mol. The summed E-state index contributed by atoms with van der Waals surface area (Å²) in [5, 5.41) is 0. The molecule has 0 aromatic rings. The summed E-state index contributed by atoms with van der Waals surface area (Å²) in [6.45, 7) is 19.5. The Bertz CT molecular complexity index is 343. The van der Waals surface area contributed by atoms with Crippen LogP contribution in [0.15, 0.2) is 0 Å². The molecule has 0 saturated heterocycles. The fraction of sp³-hybridized carbons (Fsp3) is 1.00. The predicted octanol–water partition coefficient (Wildman–Crippen LogP) is 9.91. The summed E-state index contributed by atoms with van der Waals surface area (Å²) < 4.78 is 0. The third-order valence-corrected chi connectivity index (χ3v) is 7.61. The topological polar surface area (TPSA) is 0 Å². The molecule has 0 radical (unpaired) electrons. The van der Waals surface area contributed by atoms with Gasteiger partial charge in [0.1, 0.15) is 0 Å². The molecule has 1 saturated carbocycles. The predicted molar refractivity (Wildman–Crippen MR) is 129 cm³/mol. The second-order valence-corrected chi connectivity index (χ2v) is 12.3. The standard InChI is InChI=1S/C28H56/c1-22(2)18-26(7)20-24(5)12-16-28(14-10-9-11-15-28)17-13-25(6)21-27(8)19-23(3)4/h22-27H,9-21H2,1-8H3. The molecule has 1 rings (SSSR count). The molecular formula is C28H56. The van der Waals surface area contributed by atoms with Crippen molar-refractivity contribution in [3.05, 3.63) is 0 Å². The zero-order chi connectivity index (χ0) is 21.2. The highest BCUT2D eigenvalue weighted by atomic mass is 14.4. The molecule has 1 aliphatic rings. The Hall–Kier alpha value is 0. The van der Waals surface area contributed by atoms with Gasteiger partial charge in [0.05, 0.1) is 0 Å². The Kier molecular flexibility index (Phi) is 12.4. The lowest BCUT2D eigenvalue weighted by atomic mass is 9.66. The van der Waals surface area contributed by atoms with Gasteiger partial charge in [0.15, 0.2) is 0 Å². The van der Waals surface area contributed by atoms with E-state index in [2.05, 4.69) is 55.4 Å². The summed E-state index contributed by atoms with van der Waals surface area (Å²) in [6.07, 6.45) is 19.2. The second-order valence-electron chi connectivity index (χ2n) is 12.3. The molecule has 0 aromatic heterocycles. The summed E-state index contributed by atoms with van der Waals surface area (Å²) in [6, 6.07) is 0. The molecule has 0 bridgehead atoms. The lowest BCUT2D eigenvalue weighted by molar-refractivity contribution is 0.128. The Labute approximate surface area is 180 Å².